The Morgan fingerprint density at radius 3 is 2.08 bits per heavy atom. The molecule has 9 heteroatoms. The monoisotopic (exact) mass is 369 g/mol. The lowest BCUT2D eigenvalue weighted by atomic mass is 9.50. The second-order valence-electron chi connectivity index (χ2n) is 7.74. The molecule has 4 aliphatic carbocycles. The average molecular weight is 369 g/mol. The van der Waals surface area contributed by atoms with E-state index in [1.807, 2.05) is 0 Å². The lowest BCUT2D eigenvalue weighted by Crippen LogP contribution is -2.51. The van der Waals surface area contributed by atoms with Crippen LogP contribution in [0.25, 0.3) is 0 Å². The Balaban J connectivity index is 1.65. The number of alkyl halides is 3. The van der Waals surface area contributed by atoms with Gasteiger partial charge in [0, 0.05) is 5.41 Å². The first-order valence-electron chi connectivity index (χ1n) is 8.06. The Hall–Kier alpha value is -0.510. The molecule has 0 spiro atoms. The number of rotatable bonds is 6. The van der Waals surface area contributed by atoms with Crippen molar-refractivity contribution in [2.45, 2.75) is 56.4 Å². The maximum atomic E-state index is 13.2. The van der Waals surface area contributed by atoms with Crippen LogP contribution in [-0.4, -0.2) is 23.5 Å². The van der Waals surface area contributed by atoms with Gasteiger partial charge in [0.15, 0.2) is 0 Å². The van der Waals surface area contributed by atoms with Gasteiger partial charge in [-0.15, -0.1) is 0 Å². The van der Waals surface area contributed by atoms with Crippen molar-refractivity contribution in [3.8, 4) is 0 Å². The highest BCUT2D eigenvalue weighted by atomic mass is 32.2. The van der Waals surface area contributed by atoms with Crippen LogP contribution >= 0.6 is 12.0 Å². The molecule has 24 heavy (non-hydrogen) atoms. The van der Waals surface area contributed by atoms with Crippen molar-refractivity contribution in [1.82, 2.24) is 0 Å². The smallest absolute Gasteiger partial charge is 0.415 e. The maximum Gasteiger partial charge on any atom is 0.415 e. The molecule has 4 fully saturated rings. The Morgan fingerprint density at radius 1 is 1.17 bits per heavy atom. The molecule has 0 aromatic heterocycles. The summed E-state index contributed by atoms with van der Waals surface area (Å²) in [5.74, 6) is 0.370. The van der Waals surface area contributed by atoms with E-state index in [2.05, 4.69) is 9.37 Å². The molecule has 0 radical (unpaired) electrons. The first kappa shape index (κ1) is 18.3. The predicted octanol–water partition coefficient (Wildman–Crippen LogP) is 2.94. The summed E-state index contributed by atoms with van der Waals surface area (Å²) < 4.78 is 45.5. The zero-order chi connectivity index (χ0) is 17.6. The molecule has 0 aliphatic heterocycles. The lowest BCUT2D eigenvalue weighted by molar-refractivity contribution is -0.777. The van der Waals surface area contributed by atoms with Crippen molar-refractivity contribution in [2.75, 3.05) is 6.61 Å². The van der Waals surface area contributed by atoms with Crippen molar-refractivity contribution < 1.29 is 37.3 Å². The quantitative estimate of drug-likeness (QED) is 0.310. The van der Waals surface area contributed by atoms with Crippen LogP contribution in [0.2, 0.25) is 0 Å². The van der Waals surface area contributed by atoms with E-state index >= 15 is 0 Å². The number of carbonyl (C=O) groups is 1. The highest BCUT2D eigenvalue weighted by molar-refractivity contribution is 7.96. The maximum absolute atomic E-state index is 13.2. The highest BCUT2D eigenvalue weighted by Crippen LogP contribution is 2.60. The topological polar surface area (TPSA) is 67.8 Å². The molecule has 4 bridgehead atoms. The van der Waals surface area contributed by atoms with Gasteiger partial charge in [-0.1, -0.05) is 0 Å². The summed E-state index contributed by atoms with van der Waals surface area (Å²) >= 11 is -0.378. The fourth-order valence-electron chi connectivity index (χ4n) is 5.10. The van der Waals surface area contributed by atoms with Gasteiger partial charge < -0.3 is 9.99 Å². The van der Waals surface area contributed by atoms with Crippen molar-refractivity contribution in [1.29, 1.82) is 0 Å². The normalized spacial score (nSPS) is 37.3. The summed E-state index contributed by atoms with van der Waals surface area (Å²) in [6.07, 6.45) is 1.40. The average Bonchev–Trinajstić information content (AvgIpc) is 2.47. The fourth-order valence-corrected chi connectivity index (χ4v) is 5.49. The zero-order valence-electron chi connectivity index (χ0n) is 13.3. The first-order chi connectivity index (χ1) is 11.2. The lowest BCUT2D eigenvalue weighted by Gasteiger charge is -2.56. The summed E-state index contributed by atoms with van der Waals surface area (Å²) in [7, 11) is 0. The van der Waals surface area contributed by atoms with Gasteiger partial charge in [0.05, 0.1) is 18.6 Å². The van der Waals surface area contributed by atoms with Gasteiger partial charge in [0.1, 0.15) is 0 Å². The highest BCUT2D eigenvalue weighted by Gasteiger charge is 2.61. The van der Waals surface area contributed by atoms with Crippen LogP contribution in [0.3, 0.4) is 0 Å². The van der Waals surface area contributed by atoms with Gasteiger partial charge in [-0.05, 0) is 63.2 Å². The summed E-state index contributed by atoms with van der Waals surface area (Å²) in [5.41, 5.74) is -0.183. The Bertz CT molecular complexity index is 463. The van der Waals surface area contributed by atoms with Gasteiger partial charge in [-0.3, -0.25) is 9.83 Å². The van der Waals surface area contributed by atoms with E-state index in [1.165, 1.54) is 19.3 Å². The van der Waals surface area contributed by atoms with Crippen molar-refractivity contribution >= 4 is 18.0 Å². The van der Waals surface area contributed by atoms with Crippen LogP contribution in [0, 0.1) is 23.2 Å². The van der Waals surface area contributed by atoms with Crippen LogP contribution in [-0.2, 0) is 18.9 Å². The minimum atomic E-state index is -4.94. The third kappa shape index (κ3) is 3.27. The van der Waals surface area contributed by atoms with Gasteiger partial charge >= 0.3 is 12.1 Å². The van der Waals surface area contributed by atoms with Crippen LogP contribution < -0.4 is 5.26 Å². The van der Waals surface area contributed by atoms with E-state index < -0.39 is 16.9 Å². The summed E-state index contributed by atoms with van der Waals surface area (Å²) in [6, 6.07) is 0. The van der Waals surface area contributed by atoms with Crippen LogP contribution in [0.15, 0.2) is 0 Å². The molecule has 0 aromatic carbocycles. The number of ether oxygens (including phenoxy) is 1. The fraction of sp³-hybridized carbons (Fsp3) is 0.933. The van der Waals surface area contributed by atoms with E-state index in [-0.39, 0.29) is 24.1 Å². The summed E-state index contributed by atoms with van der Waals surface area (Å²) in [4.78, 5) is 12.1. The molecular weight excluding hydrogens is 349 g/mol. The molecule has 4 saturated carbocycles. The Labute approximate surface area is 142 Å². The molecule has 1 unspecified atom stereocenters. The first-order valence-corrected chi connectivity index (χ1v) is 8.80. The van der Waals surface area contributed by atoms with Crippen molar-refractivity contribution in [2.24, 2.45) is 23.2 Å². The Morgan fingerprint density at radius 2 is 1.67 bits per heavy atom. The number of hydrogen-bond donors (Lipinski definition) is 0. The molecule has 4 aliphatic rings. The number of hydrogen-bond acceptors (Lipinski definition) is 6. The third-order valence-corrected chi connectivity index (χ3v) is 6.69. The molecule has 0 heterocycles. The van der Waals surface area contributed by atoms with E-state index in [0.717, 1.165) is 19.3 Å². The molecule has 4 rings (SSSR count). The zero-order valence-corrected chi connectivity index (χ0v) is 14.1. The van der Waals surface area contributed by atoms with Gasteiger partial charge in [-0.25, -0.2) is 0 Å². The third-order valence-electron chi connectivity index (χ3n) is 5.83. The van der Waals surface area contributed by atoms with E-state index in [0.29, 0.717) is 24.7 Å². The van der Waals surface area contributed by atoms with Gasteiger partial charge in [0.25, 0.3) is 0 Å². The van der Waals surface area contributed by atoms with E-state index in [1.54, 1.807) is 0 Å². The molecule has 1 atom stereocenters. The molecular formula is C15H20F3O5S-. The van der Waals surface area contributed by atoms with Crippen LogP contribution in [0.5, 0.6) is 0 Å². The van der Waals surface area contributed by atoms with E-state index in [4.69, 9.17) is 4.74 Å². The second-order valence-corrected chi connectivity index (χ2v) is 8.86. The molecule has 0 amide bonds. The predicted molar refractivity (Wildman–Crippen MR) is 75.8 cm³/mol. The SMILES string of the molecule is CC(SOO[O-])(C(=O)OCC12CC3CC(CC(C3)C1)C2)C(F)(F)F. The number of esters is 1. The van der Waals surface area contributed by atoms with Gasteiger partial charge in [-0.2, -0.15) is 17.5 Å². The van der Waals surface area contributed by atoms with Crippen LogP contribution in [0.1, 0.15) is 45.4 Å². The van der Waals surface area contributed by atoms with Crippen LogP contribution in [0.4, 0.5) is 13.2 Å². The summed E-state index contributed by atoms with van der Waals surface area (Å²) in [6.45, 7) is 0.624. The molecule has 0 N–H and O–H groups in total. The van der Waals surface area contributed by atoms with E-state index in [9.17, 15) is 23.2 Å². The minimum absolute atomic E-state index is 0.000203. The van der Waals surface area contributed by atoms with Crippen molar-refractivity contribution in [3.63, 3.8) is 0 Å². The standard InChI is InChI=1S/C15H21F3O5S/c1-13(15(16,17)18,24-23-22-20)12(19)21-8-14-5-9-2-10(6-14)4-11(3-9)7-14/h9-11,20H,2-8H2,1H3/p-1. The molecule has 0 aromatic rings. The second kappa shape index (κ2) is 6.34. The molecule has 5 nitrogen and oxygen atoms in total. The minimum Gasteiger partial charge on any atom is -0.691 e. The molecule has 0 saturated heterocycles. The molecule has 138 valence electrons. The number of halogens is 3. The summed E-state index contributed by atoms with van der Waals surface area (Å²) in [5, 5.41) is 12.8. The number of carbonyl (C=O) groups excluding carboxylic acids is 1. The Kier molecular flexibility index (Phi) is 4.83. The van der Waals surface area contributed by atoms with Gasteiger partial charge in [0.2, 0.25) is 4.75 Å². The van der Waals surface area contributed by atoms with Crippen molar-refractivity contribution in [3.05, 3.63) is 0 Å². The largest absolute Gasteiger partial charge is 0.691 e.